The maximum Gasteiger partial charge on any atom is 0.269 e. The highest BCUT2D eigenvalue weighted by Gasteiger charge is 2.05. The molecule has 0 saturated heterocycles. The predicted molar refractivity (Wildman–Crippen MR) is 107 cm³/mol. The van der Waals surface area contributed by atoms with Crippen LogP contribution in [-0.2, 0) is 13.2 Å². The molecule has 0 aliphatic rings. The van der Waals surface area contributed by atoms with Gasteiger partial charge < -0.3 is 10.1 Å². The molecular formula is C21H19ClN2O3. The molecule has 5 nitrogen and oxygen atoms in total. The number of hydrogen-bond donors (Lipinski definition) is 1. The smallest absolute Gasteiger partial charge is 0.269 e. The Labute approximate surface area is 162 Å². The number of non-ortho nitro benzene ring substituents is 1. The minimum Gasteiger partial charge on any atom is -0.489 e. The lowest BCUT2D eigenvalue weighted by atomic mass is 10.1. The third kappa shape index (κ3) is 5.21. The highest BCUT2D eigenvalue weighted by Crippen LogP contribution is 2.22. The van der Waals surface area contributed by atoms with E-state index in [0.717, 1.165) is 28.1 Å². The summed E-state index contributed by atoms with van der Waals surface area (Å²) in [5, 5.41) is 14.8. The third-order valence-corrected chi connectivity index (χ3v) is 4.39. The summed E-state index contributed by atoms with van der Waals surface area (Å²) in [6.45, 7) is 3.08. The number of rotatable bonds is 7. The minimum atomic E-state index is -0.414. The normalized spacial score (nSPS) is 10.4. The standard InChI is InChI=1S/C21H19ClN2O3/c1-15-2-7-18(22)12-21(15)23-13-16-5-10-20(11-6-16)27-14-17-3-8-19(9-4-17)24(25)26/h2-12,23H,13-14H2,1H3. The zero-order valence-corrected chi connectivity index (χ0v) is 15.6. The van der Waals surface area contributed by atoms with Crippen LogP contribution in [0.1, 0.15) is 16.7 Å². The Hall–Kier alpha value is -3.05. The second kappa shape index (κ2) is 8.56. The number of ether oxygens (including phenoxy) is 1. The van der Waals surface area contributed by atoms with E-state index in [1.807, 2.05) is 49.4 Å². The molecule has 0 aliphatic carbocycles. The molecular weight excluding hydrogens is 364 g/mol. The molecule has 138 valence electrons. The van der Waals surface area contributed by atoms with Gasteiger partial charge >= 0.3 is 0 Å². The zero-order chi connectivity index (χ0) is 19.2. The van der Waals surface area contributed by atoms with Gasteiger partial charge in [-0.2, -0.15) is 0 Å². The van der Waals surface area contributed by atoms with Crippen LogP contribution < -0.4 is 10.1 Å². The molecule has 3 aromatic carbocycles. The molecule has 0 fully saturated rings. The van der Waals surface area contributed by atoms with Crippen LogP contribution in [0.3, 0.4) is 0 Å². The molecule has 0 heterocycles. The minimum absolute atomic E-state index is 0.0746. The van der Waals surface area contributed by atoms with Crippen LogP contribution in [-0.4, -0.2) is 4.92 Å². The number of nitro groups is 1. The number of nitrogens with one attached hydrogen (secondary N) is 1. The summed E-state index contributed by atoms with van der Waals surface area (Å²) in [5.74, 6) is 0.746. The van der Waals surface area contributed by atoms with E-state index in [1.54, 1.807) is 12.1 Å². The number of nitro benzene ring substituents is 1. The Bertz CT molecular complexity index is 925. The molecule has 0 unspecified atom stereocenters. The van der Waals surface area contributed by atoms with Crippen LogP contribution >= 0.6 is 11.6 Å². The molecule has 27 heavy (non-hydrogen) atoms. The summed E-state index contributed by atoms with van der Waals surface area (Å²) in [6, 6.07) is 19.9. The maximum absolute atomic E-state index is 10.7. The summed E-state index contributed by atoms with van der Waals surface area (Å²) >= 11 is 6.04. The van der Waals surface area contributed by atoms with Crippen molar-refractivity contribution < 1.29 is 9.66 Å². The lowest BCUT2D eigenvalue weighted by molar-refractivity contribution is -0.384. The molecule has 0 spiro atoms. The Morgan fingerprint density at radius 3 is 2.33 bits per heavy atom. The van der Waals surface area contributed by atoms with Crippen LogP contribution in [0, 0.1) is 17.0 Å². The van der Waals surface area contributed by atoms with Crippen LogP contribution in [0.15, 0.2) is 66.7 Å². The third-order valence-electron chi connectivity index (χ3n) is 4.16. The predicted octanol–water partition coefficient (Wildman–Crippen LogP) is 5.75. The first kappa shape index (κ1) is 18.7. The van der Waals surface area contributed by atoms with Gasteiger partial charge in [0, 0.05) is 29.4 Å². The lowest BCUT2D eigenvalue weighted by Gasteiger charge is -2.11. The Morgan fingerprint density at radius 1 is 1.00 bits per heavy atom. The average molecular weight is 383 g/mol. The molecule has 0 bridgehead atoms. The van der Waals surface area contributed by atoms with Gasteiger partial charge in [0.15, 0.2) is 0 Å². The van der Waals surface area contributed by atoms with Crippen molar-refractivity contribution in [3.8, 4) is 5.75 Å². The van der Waals surface area contributed by atoms with Crippen molar-refractivity contribution in [2.75, 3.05) is 5.32 Å². The maximum atomic E-state index is 10.7. The highest BCUT2D eigenvalue weighted by molar-refractivity contribution is 6.30. The summed E-state index contributed by atoms with van der Waals surface area (Å²) in [7, 11) is 0. The van der Waals surface area contributed by atoms with Gasteiger partial charge in [-0.25, -0.2) is 0 Å². The SMILES string of the molecule is Cc1ccc(Cl)cc1NCc1ccc(OCc2ccc([N+](=O)[O-])cc2)cc1. The first-order chi connectivity index (χ1) is 13.0. The molecule has 0 saturated carbocycles. The van der Waals surface area contributed by atoms with Gasteiger partial charge in [0.05, 0.1) is 4.92 Å². The van der Waals surface area contributed by atoms with E-state index in [-0.39, 0.29) is 5.69 Å². The largest absolute Gasteiger partial charge is 0.489 e. The molecule has 1 N–H and O–H groups in total. The highest BCUT2D eigenvalue weighted by atomic mass is 35.5. The monoisotopic (exact) mass is 382 g/mol. The summed E-state index contributed by atoms with van der Waals surface area (Å²) in [4.78, 5) is 10.3. The lowest BCUT2D eigenvalue weighted by Crippen LogP contribution is -2.01. The van der Waals surface area contributed by atoms with Crippen LogP contribution in [0.4, 0.5) is 11.4 Å². The van der Waals surface area contributed by atoms with Gasteiger partial charge in [-0.15, -0.1) is 0 Å². The van der Waals surface area contributed by atoms with Crippen molar-refractivity contribution in [3.05, 3.63) is 98.6 Å². The van der Waals surface area contributed by atoms with E-state index in [2.05, 4.69) is 5.32 Å². The van der Waals surface area contributed by atoms with Crippen molar-refractivity contribution in [1.29, 1.82) is 0 Å². The Kier molecular flexibility index (Phi) is 5.94. The second-order valence-corrected chi connectivity index (χ2v) is 6.61. The number of hydrogen-bond acceptors (Lipinski definition) is 4. The number of anilines is 1. The van der Waals surface area contributed by atoms with E-state index in [4.69, 9.17) is 16.3 Å². The van der Waals surface area contributed by atoms with E-state index in [9.17, 15) is 10.1 Å². The van der Waals surface area contributed by atoms with Crippen molar-refractivity contribution in [3.63, 3.8) is 0 Å². The Balaban J connectivity index is 1.54. The molecule has 0 aromatic heterocycles. The second-order valence-electron chi connectivity index (χ2n) is 6.17. The number of halogens is 1. The molecule has 0 atom stereocenters. The summed E-state index contributed by atoms with van der Waals surface area (Å²) in [6.07, 6.45) is 0. The molecule has 0 aliphatic heterocycles. The van der Waals surface area contributed by atoms with Crippen LogP contribution in [0.25, 0.3) is 0 Å². The van der Waals surface area contributed by atoms with E-state index in [0.29, 0.717) is 18.2 Å². The first-order valence-corrected chi connectivity index (χ1v) is 8.84. The quantitative estimate of drug-likeness (QED) is 0.417. The van der Waals surface area contributed by atoms with Crippen LogP contribution in [0.2, 0.25) is 5.02 Å². The molecule has 0 radical (unpaired) electrons. The van der Waals surface area contributed by atoms with Crippen molar-refractivity contribution in [1.82, 2.24) is 0 Å². The molecule has 3 rings (SSSR count). The fraction of sp³-hybridized carbons (Fsp3) is 0.143. The van der Waals surface area contributed by atoms with Gasteiger partial charge in [-0.05, 0) is 60.0 Å². The van der Waals surface area contributed by atoms with Crippen molar-refractivity contribution in [2.24, 2.45) is 0 Å². The zero-order valence-electron chi connectivity index (χ0n) is 14.8. The van der Waals surface area contributed by atoms with E-state index < -0.39 is 4.92 Å². The summed E-state index contributed by atoms with van der Waals surface area (Å²) < 4.78 is 5.74. The Morgan fingerprint density at radius 2 is 1.67 bits per heavy atom. The van der Waals surface area contributed by atoms with E-state index >= 15 is 0 Å². The van der Waals surface area contributed by atoms with Crippen molar-refractivity contribution >= 4 is 23.0 Å². The van der Waals surface area contributed by atoms with Gasteiger partial charge in [0.1, 0.15) is 12.4 Å². The fourth-order valence-corrected chi connectivity index (χ4v) is 2.74. The van der Waals surface area contributed by atoms with Gasteiger partial charge in [-0.1, -0.05) is 29.8 Å². The fourth-order valence-electron chi connectivity index (χ4n) is 2.57. The van der Waals surface area contributed by atoms with Gasteiger partial charge in [0.2, 0.25) is 0 Å². The first-order valence-electron chi connectivity index (χ1n) is 8.46. The van der Waals surface area contributed by atoms with E-state index in [1.165, 1.54) is 12.1 Å². The molecule has 0 amide bonds. The van der Waals surface area contributed by atoms with Gasteiger partial charge in [-0.3, -0.25) is 10.1 Å². The summed E-state index contributed by atoms with van der Waals surface area (Å²) in [5.41, 5.74) is 4.23. The number of nitrogens with zero attached hydrogens (tertiary/aromatic N) is 1. The van der Waals surface area contributed by atoms with Crippen LogP contribution in [0.5, 0.6) is 5.75 Å². The number of benzene rings is 3. The number of aryl methyl sites for hydroxylation is 1. The topological polar surface area (TPSA) is 64.4 Å². The van der Waals surface area contributed by atoms with Gasteiger partial charge in [0.25, 0.3) is 5.69 Å². The average Bonchev–Trinajstić information content (AvgIpc) is 2.68. The van der Waals surface area contributed by atoms with Crippen molar-refractivity contribution in [2.45, 2.75) is 20.1 Å². The molecule has 3 aromatic rings. The molecule has 6 heteroatoms.